The van der Waals surface area contributed by atoms with Gasteiger partial charge in [0.2, 0.25) is 5.95 Å². The lowest BCUT2D eigenvalue weighted by Gasteiger charge is -2.07. The zero-order valence-electron chi connectivity index (χ0n) is 8.76. The molecule has 0 aliphatic rings. The van der Waals surface area contributed by atoms with Crippen LogP contribution in [0.3, 0.4) is 0 Å². The van der Waals surface area contributed by atoms with E-state index in [2.05, 4.69) is 9.72 Å². The average Bonchev–Trinajstić information content (AvgIpc) is 2.22. The SMILES string of the molecule is COC(=O)Cc1nc(F)c(C(F)F)cc1C. The first kappa shape index (κ1) is 12.5. The summed E-state index contributed by atoms with van der Waals surface area (Å²) in [7, 11) is 1.18. The second-order valence-electron chi connectivity index (χ2n) is 3.19. The number of carbonyl (C=O) groups is 1. The second-order valence-corrected chi connectivity index (χ2v) is 3.19. The summed E-state index contributed by atoms with van der Waals surface area (Å²) in [5, 5.41) is 0. The van der Waals surface area contributed by atoms with Crippen LogP contribution < -0.4 is 0 Å². The van der Waals surface area contributed by atoms with Crippen molar-refractivity contribution in [2.24, 2.45) is 0 Å². The van der Waals surface area contributed by atoms with Crippen molar-refractivity contribution in [2.75, 3.05) is 7.11 Å². The zero-order chi connectivity index (χ0) is 12.3. The van der Waals surface area contributed by atoms with Crippen LogP contribution in [0.2, 0.25) is 0 Å². The number of pyridine rings is 1. The van der Waals surface area contributed by atoms with Gasteiger partial charge < -0.3 is 4.74 Å². The van der Waals surface area contributed by atoms with E-state index in [4.69, 9.17) is 0 Å². The molecule has 0 saturated heterocycles. The maximum atomic E-state index is 13.1. The van der Waals surface area contributed by atoms with Gasteiger partial charge in [-0.1, -0.05) is 0 Å². The van der Waals surface area contributed by atoms with Gasteiger partial charge in [0.1, 0.15) is 0 Å². The summed E-state index contributed by atoms with van der Waals surface area (Å²) in [6.45, 7) is 1.48. The minimum absolute atomic E-state index is 0.105. The third-order valence-corrected chi connectivity index (χ3v) is 2.07. The standard InChI is InChI=1S/C10H10F3NO2/c1-5-3-6(9(11)12)10(13)14-7(5)4-8(15)16-2/h3,9H,4H2,1-2H3. The molecule has 0 saturated carbocycles. The van der Waals surface area contributed by atoms with Gasteiger partial charge in [-0.15, -0.1) is 0 Å². The Morgan fingerprint density at radius 3 is 2.69 bits per heavy atom. The van der Waals surface area contributed by atoms with Crippen LogP contribution >= 0.6 is 0 Å². The number of aryl methyl sites for hydroxylation is 1. The zero-order valence-corrected chi connectivity index (χ0v) is 8.76. The fraction of sp³-hybridized carbons (Fsp3) is 0.400. The van der Waals surface area contributed by atoms with E-state index in [0.29, 0.717) is 5.56 Å². The lowest BCUT2D eigenvalue weighted by Crippen LogP contribution is -2.10. The lowest BCUT2D eigenvalue weighted by atomic mass is 10.1. The Hall–Kier alpha value is -1.59. The highest BCUT2D eigenvalue weighted by molar-refractivity contribution is 5.72. The molecule has 3 nitrogen and oxygen atoms in total. The molecule has 1 aromatic heterocycles. The van der Waals surface area contributed by atoms with E-state index in [1.807, 2.05) is 0 Å². The fourth-order valence-corrected chi connectivity index (χ4v) is 1.19. The van der Waals surface area contributed by atoms with Gasteiger partial charge in [-0.2, -0.15) is 4.39 Å². The molecule has 0 unspecified atom stereocenters. The Balaban J connectivity index is 3.05. The molecule has 0 N–H and O–H groups in total. The molecule has 0 aliphatic carbocycles. The summed E-state index contributed by atoms with van der Waals surface area (Å²) in [6, 6.07) is 0.991. The Labute approximate surface area is 90.2 Å². The molecule has 0 spiro atoms. The van der Waals surface area contributed by atoms with E-state index < -0.39 is 23.9 Å². The van der Waals surface area contributed by atoms with Crippen molar-refractivity contribution in [1.82, 2.24) is 4.98 Å². The van der Waals surface area contributed by atoms with Crippen molar-refractivity contribution in [3.05, 3.63) is 28.8 Å². The number of hydrogen-bond acceptors (Lipinski definition) is 3. The van der Waals surface area contributed by atoms with Gasteiger partial charge in [0.05, 0.1) is 24.8 Å². The first-order chi connectivity index (χ1) is 7.45. The van der Waals surface area contributed by atoms with Crippen LogP contribution in [0.25, 0.3) is 0 Å². The number of esters is 1. The number of alkyl halides is 2. The van der Waals surface area contributed by atoms with Gasteiger partial charge >= 0.3 is 5.97 Å². The molecule has 6 heteroatoms. The first-order valence-electron chi connectivity index (χ1n) is 4.46. The smallest absolute Gasteiger partial charge is 0.311 e. The summed E-state index contributed by atoms with van der Waals surface area (Å²) in [5.41, 5.74) is -0.318. The Morgan fingerprint density at radius 1 is 1.56 bits per heavy atom. The minimum Gasteiger partial charge on any atom is -0.469 e. The first-order valence-corrected chi connectivity index (χ1v) is 4.46. The van der Waals surface area contributed by atoms with E-state index >= 15 is 0 Å². The van der Waals surface area contributed by atoms with Gasteiger partial charge in [0.15, 0.2) is 0 Å². The molecule has 0 fully saturated rings. The van der Waals surface area contributed by atoms with Gasteiger partial charge in [0.25, 0.3) is 6.43 Å². The normalized spacial score (nSPS) is 10.6. The fourth-order valence-electron chi connectivity index (χ4n) is 1.19. The van der Waals surface area contributed by atoms with Crippen LogP contribution in [0.15, 0.2) is 6.07 Å². The van der Waals surface area contributed by atoms with Crippen LogP contribution in [0.5, 0.6) is 0 Å². The van der Waals surface area contributed by atoms with Crippen molar-refractivity contribution in [3.8, 4) is 0 Å². The Kier molecular flexibility index (Phi) is 3.87. The molecule has 0 amide bonds. The van der Waals surface area contributed by atoms with Gasteiger partial charge in [-0.3, -0.25) is 4.79 Å². The summed E-state index contributed by atoms with van der Waals surface area (Å²) in [6.07, 6.45) is -3.15. The molecule has 16 heavy (non-hydrogen) atoms. The van der Waals surface area contributed by atoms with Crippen LogP contribution in [0.1, 0.15) is 23.2 Å². The van der Waals surface area contributed by atoms with E-state index in [1.54, 1.807) is 0 Å². The van der Waals surface area contributed by atoms with Gasteiger partial charge in [0, 0.05) is 0 Å². The quantitative estimate of drug-likeness (QED) is 0.593. The Bertz CT molecular complexity index is 407. The summed E-state index contributed by atoms with van der Waals surface area (Å²) < 4.78 is 42.1. The van der Waals surface area contributed by atoms with Crippen molar-refractivity contribution in [2.45, 2.75) is 19.8 Å². The summed E-state index contributed by atoms with van der Waals surface area (Å²) in [4.78, 5) is 14.3. The van der Waals surface area contributed by atoms with Crippen molar-refractivity contribution >= 4 is 5.97 Å². The number of rotatable bonds is 3. The average molecular weight is 233 g/mol. The number of aromatic nitrogens is 1. The van der Waals surface area contributed by atoms with Crippen LogP contribution in [0, 0.1) is 12.9 Å². The van der Waals surface area contributed by atoms with E-state index in [-0.39, 0.29) is 12.1 Å². The maximum absolute atomic E-state index is 13.1. The predicted molar refractivity (Wildman–Crippen MR) is 49.6 cm³/mol. The van der Waals surface area contributed by atoms with Crippen molar-refractivity contribution in [3.63, 3.8) is 0 Å². The molecule has 0 atom stereocenters. The van der Waals surface area contributed by atoms with Crippen molar-refractivity contribution in [1.29, 1.82) is 0 Å². The molecule has 0 bridgehead atoms. The van der Waals surface area contributed by atoms with Crippen LogP contribution in [-0.4, -0.2) is 18.1 Å². The number of nitrogens with zero attached hydrogens (tertiary/aromatic N) is 1. The number of halogens is 3. The molecular formula is C10H10F3NO2. The molecular weight excluding hydrogens is 223 g/mol. The predicted octanol–water partition coefficient (Wildman–Crippen LogP) is 2.18. The highest BCUT2D eigenvalue weighted by Crippen LogP contribution is 2.23. The lowest BCUT2D eigenvalue weighted by molar-refractivity contribution is -0.139. The van der Waals surface area contributed by atoms with Crippen LogP contribution in [0.4, 0.5) is 13.2 Å². The topological polar surface area (TPSA) is 39.2 Å². The molecule has 88 valence electrons. The Morgan fingerprint density at radius 2 is 2.19 bits per heavy atom. The highest BCUT2D eigenvalue weighted by Gasteiger charge is 2.18. The third kappa shape index (κ3) is 2.71. The largest absolute Gasteiger partial charge is 0.469 e. The van der Waals surface area contributed by atoms with Crippen LogP contribution in [-0.2, 0) is 16.0 Å². The third-order valence-electron chi connectivity index (χ3n) is 2.07. The van der Waals surface area contributed by atoms with E-state index in [1.165, 1.54) is 14.0 Å². The highest BCUT2D eigenvalue weighted by atomic mass is 19.3. The van der Waals surface area contributed by atoms with Gasteiger partial charge in [-0.25, -0.2) is 13.8 Å². The summed E-state index contributed by atoms with van der Waals surface area (Å²) in [5.74, 6) is -1.85. The number of ether oxygens (including phenoxy) is 1. The minimum atomic E-state index is -2.92. The molecule has 0 radical (unpaired) electrons. The number of methoxy groups -OCH3 is 1. The monoisotopic (exact) mass is 233 g/mol. The molecule has 1 heterocycles. The van der Waals surface area contributed by atoms with Gasteiger partial charge in [-0.05, 0) is 18.6 Å². The second kappa shape index (κ2) is 4.96. The van der Waals surface area contributed by atoms with Crippen molar-refractivity contribution < 1.29 is 22.7 Å². The maximum Gasteiger partial charge on any atom is 0.311 e. The van der Waals surface area contributed by atoms with E-state index in [9.17, 15) is 18.0 Å². The number of hydrogen-bond donors (Lipinski definition) is 0. The molecule has 1 rings (SSSR count). The van der Waals surface area contributed by atoms with E-state index in [0.717, 1.165) is 6.07 Å². The number of carbonyl (C=O) groups excluding carboxylic acids is 1. The molecule has 0 aromatic carbocycles. The molecule has 1 aromatic rings. The summed E-state index contributed by atoms with van der Waals surface area (Å²) >= 11 is 0. The molecule has 0 aliphatic heterocycles.